The van der Waals surface area contributed by atoms with E-state index in [0.29, 0.717) is 16.3 Å². The van der Waals surface area contributed by atoms with E-state index in [0.717, 1.165) is 16.5 Å². The monoisotopic (exact) mass is 296 g/mol. The van der Waals surface area contributed by atoms with E-state index in [9.17, 15) is 4.39 Å². The Labute approximate surface area is 126 Å². The number of fused-ring (bicyclic) bond motifs is 1. The van der Waals surface area contributed by atoms with Gasteiger partial charge in [0.05, 0.1) is 22.3 Å². The lowest BCUT2D eigenvalue weighted by molar-refractivity contribution is 0.628. The lowest BCUT2D eigenvalue weighted by Gasteiger charge is -2.12. The van der Waals surface area contributed by atoms with Crippen molar-refractivity contribution in [2.45, 2.75) is 0 Å². The summed E-state index contributed by atoms with van der Waals surface area (Å²) in [5.41, 5.74) is 2.05. The van der Waals surface area contributed by atoms with E-state index in [2.05, 4.69) is 11.4 Å². The van der Waals surface area contributed by atoms with Crippen molar-refractivity contribution in [1.29, 1.82) is 5.26 Å². The van der Waals surface area contributed by atoms with Gasteiger partial charge in [-0.15, -0.1) is 0 Å². The molecule has 0 amide bonds. The normalized spacial score (nSPS) is 10.3. The van der Waals surface area contributed by atoms with E-state index in [-0.39, 0.29) is 5.82 Å². The first-order valence-electron chi connectivity index (χ1n) is 6.33. The average Bonchev–Trinajstić information content (AvgIpc) is 2.50. The van der Waals surface area contributed by atoms with Crippen LogP contribution in [0, 0.1) is 17.1 Å². The van der Waals surface area contributed by atoms with Crippen molar-refractivity contribution in [2.75, 3.05) is 5.32 Å². The number of nitriles is 1. The summed E-state index contributed by atoms with van der Waals surface area (Å²) >= 11 is 6.03. The second-order valence-corrected chi connectivity index (χ2v) is 4.97. The third-order valence-electron chi connectivity index (χ3n) is 3.24. The van der Waals surface area contributed by atoms with E-state index in [1.54, 1.807) is 12.1 Å². The Balaban J connectivity index is 2.12. The minimum atomic E-state index is -0.379. The van der Waals surface area contributed by atoms with E-state index >= 15 is 0 Å². The molecule has 3 aromatic carbocycles. The van der Waals surface area contributed by atoms with Crippen molar-refractivity contribution in [3.63, 3.8) is 0 Å². The molecule has 0 atom stereocenters. The molecule has 0 aliphatic carbocycles. The molecule has 21 heavy (non-hydrogen) atoms. The molecule has 102 valence electrons. The molecular formula is C17H10ClFN2. The van der Waals surface area contributed by atoms with Gasteiger partial charge in [0.25, 0.3) is 0 Å². The lowest BCUT2D eigenvalue weighted by Crippen LogP contribution is -1.94. The Kier molecular flexibility index (Phi) is 3.47. The molecule has 0 saturated carbocycles. The highest BCUT2D eigenvalue weighted by Crippen LogP contribution is 2.31. The fourth-order valence-corrected chi connectivity index (χ4v) is 2.46. The highest BCUT2D eigenvalue weighted by molar-refractivity contribution is 6.33. The molecule has 0 spiro atoms. The number of halogens is 2. The van der Waals surface area contributed by atoms with Crippen molar-refractivity contribution >= 4 is 33.7 Å². The molecule has 2 nitrogen and oxygen atoms in total. The van der Waals surface area contributed by atoms with Crippen LogP contribution in [-0.4, -0.2) is 0 Å². The maximum Gasteiger partial charge on any atom is 0.124 e. The zero-order valence-electron chi connectivity index (χ0n) is 10.9. The molecule has 3 rings (SSSR count). The predicted molar refractivity (Wildman–Crippen MR) is 83.4 cm³/mol. The summed E-state index contributed by atoms with van der Waals surface area (Å²) in [6, 6.07) is 17.6. The van der Waals surface area contributed by atoms with Gasteiger partial charge in [-0.25, -0.2) is 4.39 Å². The summed E-state index contributed by atoms with van der Waals surface area (Å²) in [6.07, 6.45) is 0. The molecule has 0 aliphatic heterocycles. The second-order valence-electron chi connectivity index (χ2n) is 4.57. The summed E-state index contributed by atoms with van der Waals surface area (Å²) < 4.78 is 13.1. The first-order chi connectivity index (χ1) is 10.2. The quantitative estimate of drug-likeness (QED) is 0.701. The molecule has 0 fully saturated rings. The fraction of sp³-hybridized carbons (Fsp3) is 0. The minimum Gasteiger partial charge on any atom is -0.354 e. The van der Waals surface area contributed by atoms with Gasteiger partial charge in [-0.2, -0.15) is 5.26 Å². The van der Waals surface area contributed by atoms with Gasteiger partial charge >= 0.3 is 0 Å². The van der Waals surface area contributed by atoms with Gasteiger partial charge in [0.15, 0.2) is 0 Å². The number of nitrogens with one attached hydrogen (secondary N) is 1. The Hall–Kier alpha value is -2.57. The van der Waals surface area contributed by atoms with Gasteiger partial charge < -0.3 is 5.32 Å². The van der Waals surface area contributed by atoms with Crippen LogP contribution in [0.4, 0.5) is 15.8 Å². The molecule has 1 N–H and O–H groups in total. The summed E-state index contributed by atoms with van der Waals surface area (Å²) in [4.78, 5) is 0. The van der Waals surface area contributed by atoms with Crippen LogP contribution in [0.2, 0.25) is 5.02 Å². The van der Waals surface area contributed by atoms with Crippen LogP contribution in [0.5, 0.6) is 0 Å². The summed E-state index contributed by atoms with van der Waals surface area (Å²) in [6.45, 7) is 0. The number of anilines is 2. The van der Waals surface area contributed by atoms with Gasteiger partial charge in [0.1, 0.15) is 5.82 Å². The Morgan fingerprint density at radius 3 is 2.38 bits per heavy atom. The van der Waals surface area contributed by atoms with Gasteiger partial charge in [0, 0.05) is 16.5 Å². The van der Waals surface area contributed by atoms with Crippen LogP contribution < -0.4 is 5.32 Å². The third-order valence-corrected chi connectivity index (χ3v) is 3.56. The van der Waals surface area contributed by atoms with Gasteiger partial charge in [-0.05, 0) is 30.3 Å². The Bertz CT molecular complexity index is 868. The molecular weight excluding hydrogens is 287 g/mol. The molecule has 3 aromatic rings. The summed E-state index contributed by atoms with van der Waals surface area (Å²) in [5.74, 6) is -0.379. The second kappa shape index (κ2) is 5.43. The van der Waals surface area contributed by atoms with Crippen molar-refractivity contribution in [3.05, 3.63) is 71.0 Å². The number of hydrogen-bond donors (Lipinski definition) is 1. The minimum absolute atomic E-state index is 0.309. The molecule has 0 aliphatic rings. The van der Waals surface area contributed by atoms with Crippen molar-refractivity contribution < 1.29 is 4.39 Å². The van der Waals surface area contributed by atoms with Gasteiger partial charge in [-0.3, -0.25) is 0 Å². The maximum absolute atomic E-state index is 13.1. The smallest absolute Gasteiger partial charge is 0.124 e. The van der Waals surface area contributed by atoms with Gasteiger partial charge in [0.2, 0.25) is 0 Å². The van der Waals surface area contributed by atoms with Crippen LogP contribution in [0.25, 0.3) is 10.8 Å². The standard InChI is InChI=1S/C17H10ClFN2/c18-15-9-12(19)6-8-17(15)21-16-7-5-11(10-20)13-3-1-2-4-14(13)16/h1-9,21H. The van der Waals surface area contributed by atoms with Crippen molar-refractivity contribution in [2.24, 2.45) is 0 Å². The molecule has 0 saturated heterocycles. The number of hydrogen-bond acceptors (Lipinski definition) is 2. The third kappa shape index (κ3) is 2.54. The average molecular weight is 297 g/mol. The highest BCUT2D eigenvalue weighted by atomic mass is 35.5. The maximum atomic E-state index is 13.1. The molecule has 0 bridgehead atoms. The predicted octanol–water partition coefficient (Wildman–Crippen LogP) is 5.25. The van der Waals surface area contributed by atoms with Crippen LogP contribution in [0.15, 0.2) is 54.6 Å². The van der Waals surface area contributed by atoms with Crippen LogP contribution in [0.1, 0.15) is 5.56 Å². The van der Waals surface area contributed by atoms with Crippen LogP contribution in [-0.2, 0) is 0 Å². The lowest BCUT2D eigenvalue weighted by atomic mass is 10.0. The Morgan fingerprint density at radius 1 is 0.952 bits per heavy atom. The number of rotatable bonds is 2. The van der Waals surface area contributed by atoms with Crippen LogP contribution in [0.3, 0.4) is 0 Å². The SMILES string of the molecule is N#Cc1ccc(Nc2ccc(F)cc2Cl)c2ccccc12. The molecule has 0 radical (unpaired) electrons. The zero-order valence-corrected chi connectivity index (χ0v) is 11.7. The summed E-state index contributed by atoms with van der Waals surface area (Å²) in [7, 11) is 0. The van der Waals surface area contributed by atoms with Crippen LogP contribution >= 0.6 is 11.6 Å². The summed E-state index contributed by atoms with van der Waals surface area (Å²) in [5, 5.41) is 14.4. The van der Waals surface area contributed by atoms with E-state index < -0.39 is 0 Å². The molecule has 0 aromatic heterocycles. The molecule has 4 heteroatoms. The van der Waals surface area contributed by atoms with E-state index in [1.807, 2.05) is 30.3 Å². The van der Waals surface area contributed by atoms with Crippen molar-refractivity contribution in [3.8, 4) is 6.07 Å². The highest BCUT2D eigenvalue weighted by Gasteiger charge is 2.07. The zero-order chi connectivity index (χ0) is 14.8. The first kappa shape index (κ1) is 13.4. The topological polar surface area (TPSA) is 35.8 Å². The van der Waals surface area contributed by atoms with E-state index in [1.165, 1.54) is 12.1 Å². The molecule has 0 unspecified atom stereocenters. The van der Waals surface area contributed by atoms with Gasteiger partial charge in [-0.1, -0.05) is 35.9 Å². The number of benzene rings is 3. The number of nitrogens with zero attached hydrogens (tertiary/aromatic N) is 1. The fourth-order valence-electron chi connectivity index (χ4n) is 2.24. The molecule has 0 heterocycles. The first-order valence-corrected chi connectivity index (χ1v) is 6.71. The largest absolute Gasteiger partial charge is 0.354 e. The van der Waals surface area contributed by atoms with Crippen molar-refractivity contribution in [1.82, 2.24) is 0 Å². The van der Waals surface area contributed by atoms with E-state index in [4.69, 9.17) is 16.9 Å². The Morgan fingerprint density at radius 2 is 1.67 bits per heavy atom.